The van der Waals surface area contributed by atoms with Gasteiger partial charge in [0.05, 0.1) is 11.4 Å². The predicted molar refractivity (Wildman–Crippen MR) is 102 cm³/mol. The molecule has 0 radical (unpaired) electrons. The van der Waals surface area contributed by atoms with E-state index >= 15 is 0 Å². The van der Waals surface area contributed by atoms with Gasteiger partial charge in [-0.15, -0.1) is 0 Å². The van der Waals surface area contributed by atoms with Crippen LogP contribution in [-0.4, -0.2) is 5.91 Å². The molecule has 0 spiro atoms. The highest BCUT2D eigenvalue weighted by Gasteiger charge is 2.21. The van der Waals surface area contributed by atoms with Gasteiger partial charge in [-0.05, 0) is 62.1 Å². The average Bonchev–Trinajstić information content (AvgIpc) is 2.64. The van der Waals surface area contributed by atoms with Crippen LogP contribution in [0.15, 0.2) is 52.7 Å². The zero-order valence-corrected chi connectivity index (χ0v) is 15.0. The summed E-state index contributed by atoms with van der Waals surface area (Å²) >= 11 is 0. The Bertz CT molecular complexity index is 776. The fraction of sp³-hybridized carbons (Fsp3) is 0.381. The van der Waals surface area contributed by atoms with Gasteiger partial charge >= 0.3 is 0 Å². The molecule has 1 aliphatic rings. The normalized spacial score (nSPS) is 15.4. The molecule has 0 unspecified atom stereocenters. The van der Waals surface area contributed by atoms with Crippen LogP contribution in [0.5, 0.6) is 0 Å². The first kappa shape index (κ1) is 17.3. The van der Waals surface area contributed by atoms with Gasteiger partial charge in [-0.25, -0.2) is 0 Å². The first-order chi connectivity index (χ1) is 12.1. The predicted octanol–water partition coefficient (Wildman–Crippen LogP) is 6.24. The quantitative estimate of drug-likeness (QED) is 0.661. The molecule has 1 aliphatic carbocycles. The molecule has 0 atom stereocenters. The Hall–Kier alpha value is -2.49. The molecule has 1 fully saturated rings. The Balaban J connectivity index is 1.68. The van der Waals surface area contributed by atoms with E-state index in [0.717, 1.165) is 53.9 Å². The summed E-state index contributed by atoms with van der Waals surface area (Å²) < 4.78 is 0. The second-order valence-electron chi connectivity index (χ2n) is 6.81. The van der Waals surface area contributed by atoms with E-state index in [0.29, 0.717) is 0 Å². The van der Waals surface area contributed by atoms with Crippen molar-refractivity contribution in [3.8, 4) is 0 Å². The zero-order valence-electron chi connectivity index (χ0n) is 15.0. The van der Waals surface area contributed by atoms with Crippen LogP contribution >= 0.6 is 0 Å². The molecule has 2 aromatic rings. The minimum Gasteiger partial charge on any atom is -0.326 e. The highest BCUT2D eigenvalue weighted by Crippen LogP contribution is 2.28. The van der Waals surface area contributed by atoms with Crippen molar-refractivity contribution < 1.29 is 4.79 Å². The lowest BCUT2D eigenvalue weighted by atomic mass is 9.88. The van der Waals surface area contributed by atoms with E-state index in [1.807, 2.05) is 56.3 Å². The minimum atomic E-state index is 0.150. The molecular weight excluding hydrogens is 310 g/mol. The van der Waals surface area contributed by atoms with Crippen molar-refractivity contribution in [3.63, 3.8) is 0 Å². The number of hydrogen-bond acceptors (Lipinski definition) is 3. The van der Waals surface area contributed by atoms with E-state index in [4.69, 9.17) is 0 Å². The first-order valence-corrected chi connectivity index (χ1v) is 9.02. The number of anilines is 1. The van der Waals surface area contributed by atoms with Crippen LogP contribution < -0.4 is 5.32 Å². The molecule has 4 nitrogen and oxygen atoms in total. The summed E-state index contributed by atoms with van der Waals surface area (Å²) in [4.78, 5) is 12.4. The monoisotopic (exact) mass is 335 g/mol. The van der Waals surface area contributed by atoms with E-state index in [2.05, 4.69) is 15.5 Å². The van der Waals surface area contributed by atoms with Gasteiger partial charge in [-0.2, -0.15) is 10.2 Å². The van der Waals surface area contributed by atoms with Crippen molar-refractivity contribution in [3.05, 3.63) is 53.6 Å². The van der Waals surface area contributed by atoms with Crippen LogP contribution in [0.25, 0.3) is 0 Å². The molecule has 25 heavy (non-hydrogen) atoms. The van der Waals surface area contributed by atoms with E-state index in [-0.39, 0.29) is 11.8 Å². The van der Waals surface area contributed by atoms with E-state index in [9.17, 15) is 4.79 Å². The third kappa shape index (κ3) is 4.53. The van der Waals surface area contributed by atoms with Crippen LogP contribution in [0.1, 0.15) is 43.2 Å². The number of azo groups is 1. The molecule has 1 amide bonds. The number of aryl methyl sites for hydroxylation is 2. The number of hydrogen-bond donors (Lipinski definition) is 1. The Morgan fingerprint density at radius 1 is 0.960 bits per heavy atom. The fourth-order valence-electron chi connectivity index (χ4n) is 3.24. The molecule has 3 rings (SSSR count). The number of amides is 1. The SMILES string of the molecule is Cc1ccccc1N=Nc1ccc(NC(=O)C2CCCCC2)c(C)c1. The number of carbonyl (C=O) groups is 1. The Kier molecular flexibility index (Phi) is 5.59. The maximum absolute atomic E-state index is 12.4. The van der Waals surface area contributed by atoms with Gasteiger partial charge in [0.15, 0.2) is 0 Å². The van der Waals surface area contributed by atoms with Gasteiger partial charge in [0, 0.05) is 11.6 Å². The Labute approximate surface area is 149 Å². The number of nitrogens with zero attached hydrogens (tertiary/aromatic N) is 2. The van der Waals surface area contributed by atoms with Crippen LogP contribution in [0.2, 0.25) is 0 Å². The van der Waals surface area contributed by atoms with Gasteiger partial charge in [0.1, 0.15) is 0 Å². The molecule has 0 bridgehead atoms. The molecule has 1 N–H and O–H groups in total. The standard InChI is InChI=1S/C21H25N3O/c1-15-8-6-7-11-20(15)24-23-18-12-13-19(16(2)14-18)22-21(25)17-9-4-3-5-10-17/h6-8,11-14,17H,3-5,9-10H2,1-2H3,(H,22,25). The number of benzene rings is 2. The maximum Gasteiger partial charge on any atom is 0.227 e. The van der Waals surface area contributed by atoms with Crippen LogP contribution in [0.3, 0.4) is 0 Å². The fourth-order valence-corrected chi connectivity index (χ4v) is 3.24. The molecule has 0 heterocycles. The minimum absolute atomic E-state index is 0.150. The third-order valence-electron chi connectivity index (χ3n) is 4.83. The van der Waals surface area contributed by atoms with Crippen molar-refractivity contribution in [1.29, 1.82) is 0 Å². The highest BCUT2D eigenvalue weighted by molar-refractivity contribution is 5.93. The first-order valence-electron chi connectivity index (χ1n) is 9.02. The van der Waals surface area contributed by atoms with E-state index < -0.39 is 0 Å². The molecule has 4 heteroatoms. The van der Waals surface area contributed by atoms with Crippen molar-refractivity contribution in [2.75, 3.05) is 5.32 Å². The number of carbonyl (C=O) groups excluding carboxylic acids is 1. The summed E-state index contributed by atoms with van der Waals surface area (Å²) in [5.74, 6) is 0.311. The Morgan fingerprint density at radius 3 is 2.44 bits per heavy atom. The Morgan fingerprint density at radius 2 is 1.72 bits per heavy atom. The number of rotatable bonds is 4. The van der Waals surface area contributed by atoms with Crippen molar-refractivity contribution in [2.45, 2.75) is 46.0 Å². The van der Waals surface area contributed by atoms with Gasteiger partial charge in [0.2, 0.25) is 5.91 Å². The lowest BCUT2D eigenvalue weighted by Gasteiger charge is -2.21. The molecule has 130 valence electrons. The third-order valence-corrected chi connectivity index (χ3v) is 4.83. The van der Waals surface area contributed by atoms with Gasteiger partial charge in [-0.3, -0.25) is 4.79 Å². The van der Waals surface area contributed by atoms with Gasteiger partial charge in [-0.1, -0.05) is 37.5 Å². The second kappa shape index (κ2) is 8.06. The van der Waals surface area contributed by atoms with E-state index in [1.54, 1.807) is 0 Å². The van der Waals surface area contributed by atoms with Gasteiger partial charge in [0.25, 0.3) is 0 Å². The highest BCUT2D eigenvalue weighted by atomic mass is 16.1. The smallest absolute Gasteiger partial charge is 0.227 e. The molecule has 0 aliphatic heterocycles. The van der Waals surface area contributed by atoms with Crippen molar-refractivity contribution in [1.82, 2.24) is 0 Å². The summed E-state index contributed by atoms with van der Waals surface area (Å²) in [7, 11) is 0. The molecule has 1 saturated carbocycles. The van der Waals surface area contributed by atoms with Crippen LogP contribution in [0.4, 0.5) is 17.1 Å². The molecule has 0 saturated heterocycles. The van der Waals surface area contributed by atoms with E-state index in [1.165, 1.54) is 6.42 Å². The summed E-state index contributed by atoms with van der Waals surface area (Å²) in [5.41, 5.74) is 4.63. The lowest BCUT2D eigenvalue weighted by molar-refractivity contribution is -0.120. The largest absolute Gasteiger partial charge is 0.326 e. The summed E-state index contributed by atoms with van der Waals surface area (Å²) in [5, 5.41) is 11.7. The zero-order chi connectivity index (χ0) is 17.6. The van der Waals surface area contributed by atoms with Crippen molar-refractivity contribution >= 4 is 23.0 Å². The summed E-state index contributed by atoms with van der Waals surface area (Å²) in [6.45, 7) is 4.01. The number of nitrogens with one attached hydrogen (secondary N) is 1. The topological polar surface area (TPSA) is 53.8 Å². The maximum atomic E-state index is 12.4. The van der Waals surface area contributed by atoms with Crippen LogP contribution in [0, 0.1) is 19.8 Å². The average molecular weight is 335 g/mol. The molecule has 2 aromatic carbocycles. The second-order valence-corrected chi connectivity index (χ2v) is 6.81. The lowest BCUT2D eigenvalue weighted by Crippen LogP contribution is -2.25. The molecular formula is C21H25N3O. The summed E-state index contributed by atoms with van der Waals surface area (Å²) in [6, 6.07) is 13.7. The van der Waals surface area contributed by atoms with Gasteiger partial charge < -0.3 is 5.32 Å². The molecule has 0 aromatic heterocycles. The summed E-state index contributed by atoms with van der Waals surface area (Å²) in [6.07, 6.45) is 5.59. The van der Waals surface area contributed by atoms with Crippen LogP contribution in [-0.2, 0) is 4.79 Å². The van der Waals surface area contributed by atoms with Crippen molar-refractivity contribution in [2.24, 2.45) is 16.1 Å².